The van der Waals surface area contributed by atoms with Gasteiger partial charge in [0.25, 0.3) is 0 Å². The van der Waals surface area contributed by atoms with E-state index in [2.05, 4.69) is 14.9 Å². The van der Waals surface area contributed by atoms with Crippen LogP contribution in [0.1, 0.15) is 17.0 Å². The molecule has 0 unspecified atom stereocenters. The highest BCUT2D eigenvalue weighted by Crippen LogP contribution is 2.29. The zero-order chi connectivity index (χ0) is 22.3. The fourth-order valence-corrected chi connectivity index (χ4v) is 4.60. The van der Waals surface area contributed by atoms with E-state index in [1.807, 2.05) is 62.4 Å². The molecule has 0 radical (unpaired) electrons. The van der Waals surface area contributed by atoms with Crippen LogP contribution in [0.15, 0.2) is 77.7 Å². The summed E-state index contributed by atoms with van der Waals surface area (Å²) in [5.41, 5.74) is 4.49. The Morgan fingerprint density at radius 1 is 0.812 bits per heavy atom. The van der Waals surface area contributed by atoms with Crippen molar-refractivity contribution in [2.45, 2.75) is 25.3 Å². The molecule has 5 aromatic rings. The lowest BCUT2D eigenvalue weighted by molar-refractivity contribution is 0.578. The molecule has 0 aliphatic rings. The van der Waals surface area contributed by atoms with Crippen LogP contribution in [0.2, 0.25) is 0 Å². The third-order valence-corrected chi connectivity index (χ3v) is 6.82. The highest BCUT2D eigenvalue weighted by molar-refractivity contribution is 7.89. The van der Waals surface area contributed by atoms with Gasteiger partial charge in [-0.1, -0.05) is 71.8 Å². The molecule has 160 valence electrons. The molecule has 5 rings (SSSR count). The average Bonchev–Trinajstić information content (AvgIpc) is 3.21. The third-order valence-electron chi connectivity index (χ3n) is 5.40. The SMILES string of the molecule is Cc1ccc(-c2nn3c(CNS(=O)(=O)c4ccc(C)cc4)nnc3c3ccccc23)cc1. The van der Waals surface area contributed by atoms with Crippen LogP contribution in [-0.2, 0) is 16.6 Å². The number of sulfonamides is 1. The molecule has 32 heavy (non-hydrogen) atoms. The summed E-state index contributed by atoms with van der Waals surface area (Å²) >= 11 is 0. The first-order valence-corrected chi connectivity index (χ1v) is 11.7. The van der Waals surface area contributed by atoms with Gasteiger partial charge in [0.2, 0.25) is 10.0 Å². The van der Waals surface area contributed by atoms with Gasteiger partial charge >= 0.3 is 0 Å². The van der Waals surface area contributed by atoms with E-state index >= 15 is 0 Å². The van der Waals surface area contributed by atoms with E-state index in [-0.39, 0.29) is 11.4 Å². The van der Waals surface area contributed by atoms with Gasteiger partial charge in [-0.15, -0.1) is 10.2 Å². The van der Waals surface area contributed by atoms with Crippen LogP contribution in [0, 0.1) is 13.8 Å². The number of rotatable bonds is 5. The summed E-state index contributed by atoms with van der Waals surface area (Å²) in [5, 5.41) is 15.2. The monoisotopic (exact) mass is 443 g/mol. The molecule has 0 saturated carbocycles. The number of benzene rings is 3. The van der Waals surface area contributed by atoms with E-state index in [9.17, 15) is 8.42 Å². The lowest BCUT2D eigenvalue weighted by Crippen LogP contribution is -2.24. The first-order chi connectivity index (χ1) is 15.4. The summed E-state index contributed by atoms with van der Waals surface area (Å²) in [6, 6.07) is 22.7. The largest absolute Gasteiger partial charge is 0.240 e. The van der Waals surface area contributed by atoms with Crippen LogP contribution >= 0.6 is 0 Å². The van der Waals surface area contributed by atoms with Gasteiger partial charge in [-0.25, -0.2) is 13.1 Å². The van der Waals surface area contributed by atoms with Gasteiger partial charge in [-0.2, -0.15) is 9.61 Å². The Balaban J connectivity index is 1.58. The maximum Gasteiger partial charge on any atom is 0.240 e. The Morgan fingerprint density at radius 3 is 2.12 bits per heavy atom. The van der Waals surface area contributed by atoms with Crippen LogP contribution < -0.4 is 4.72 Å². The average molecular weight is 444 g/mol. The van der Waals surface area contributed by atoms with Crippen molar-refractivity contribution in [3.05, 3.63) is 89.7 Å². The minimum atomic E-state index is -3.69. The van der Waals surface area contributed by atoms with Gasteiger partial charge in [0, 0.05) is 16.3 Å². The second-order valence-electron chi connectivity index (χ2n) is 7.75. The van der Waals surface area contributed by atoms with Crippen molar-refractivity contribution in [2.24, 2.45) is 0 Å². The predicted octanol–water partition coefficient (Wildman–Crippen LogP) is 4.04. The third kappa shape index (κ3) is 3.63. The van der Waals surface area contributed by atoms with Gasteiger partial charge in [0.1, 0.15) is 0 Å². The molecule has 7 nitrogen and oxygen atoms in total. The molecule has 0 spiro atoms. The molecule has 0 amide bonds. The molecule has 3 aromatic carbocycles. The smallest absolute Gasteiger partial charge is 0.207 e. The summed E-state index contributed by atoms with van der Waals surface area (Å²) in [6.45, 7) is 3.92. The summed E-state index contributed by atoms with van der Waals surface area (Å²) in [7, 11) is -3.69. The first kappa shape index (κ1) is 20.3. The Bertz CT molecular complexity index is 1540. The molecule has 0 aliphatic carbocycles. The Morgan fingerprint density at radius 2 is 1.44 bits per heavy atom. The molecule has 0 saturated heterocycles. The van der Waals surface area contributed by atoms with E-state index < -0.39 is 10.0 Å². The van der Waals surface area contributed by atoms with Gasteiger partial charge in [-0.05, 0) is 26.0 Å². The number of aromatic nitrogens is 4. The summed E-state index contributed by atoms with van der Waals surface area (Å²) in [4.78, 5) is 0.204. The molecule has 0 bridgehead atoms. The number of nitrogens with one attached hydrogen (secondary N) is 1. The van der Waals surface area contributed by atoms with Gasteiger partial charge in [0.05, 0.1) is 17.1 Å². The van der Waals surface area contributed by atoms with E-state index in [0.29, 0.717) is 11.5 Å². The fraction of sp³-hybridized carbons (Fsp3) is 0.125. The van der Waals surface area contributed by atoms with Crippen molar-refractivity contribution in [2.75, 3.05) is 0 Å². The number of nitrogens with zero attached hydrogens (tertiary/aromatic N) is 4. The molecule has 0 aliphatic heterocycles. The molecule has 2 aromatic heterocycles. The van der Waals surface area contributed by atoms with Crippen molar-refractivity contribution in [1.82, 2.24) is 24.5 Å². The zero-order valence-corrected chi connectivity index (χ0v) is 18.5. The number of aryl methyl sites for hydroxylation is 2. The maximum absolute atomic E-state index is 12.7. The van der Waals surface area contributed by atoms with Crippen molar-refractivity contribution >= 4 is 26.4 Å². The van der Waals surface area contributed by atoms with Crippen LogP contribution in [-0.4, -0.2) is 28.2 Å². The van der Waals surface area contributed by atoms with E-state index in [1.54, 1.807) is 28.8 Å². The topological polar surface area (TPSA) is 89.2 Å². The summed E-state index contributed by atoms with van der Waals surface area (Å²) < 4.78 is 29.7. The van der Waals surface area contributed by atoms with Gasteiger partial charge in [-0.3, -0.25) is 0 Å². The van der Waals surface area contributed by atoms with E-state index in [4.69, 9.17) is 5.10 Å². The van der Waals surface area contributed by atoms with Gasteiger partial charge < -0.3 is 0 Å². The minimum Gasteiger partial charge on any atom is -0.207 e. The number of hydrogen-bond donors (Lipinski definition) is 1. The van der Waals surface area contributed by atoms with Crippen molar-refractivity contribution in [3.8, 4) is 11.3 Å². The quantitative estimate of drug-likeness (QED) is 0.443. The van der Waals surface area contributed by atoms with Crippen molar-refractivity contribution in [1.29, 1.82) is 0 Å². The maximum atomic E-state index is 12.7. The summed E-state index contributed by atoms with van der Waals surface area (Å²) in [5.74, 6) is 0.412. The number of hydrogen-bond acceptors (Lipinski definition) is 5. The normalized spacial score (nSPS) is 11.9. The Labute approximate surface area is 185 Å². The highest BCUT2D eigenvalue weighted by atomic mass is 32.2. The van der Waals surface area contributed by atoms with Crippen molar-refractivity contribution < 1.29 is 8.42 Å². The zero-order valence-electron chi connectivity index (χ0n) is 17.6. The molecule has 0 atom stereocenters. The van der Waals surface area contributed by atoms with Crippen LogP contribution in [0.3, 0.4) is 0 Å². The molecular weight excluding hydrogens is 422 g/mol. The molecule has 1 N–H and O–H groups in total. The van der Waals surface area contributed by atoms with E-state index in [1.165, 1.54) is 0 Å². The predicted molar refractivity (Wildman–Crippen MR) is 124 cm³/mol. The van der Waals surface area contributed by atoms with E-state index in [0.717, 1.165) is 33.2 Å². The van der Waals surface area contributed by atoms with Crippen molar-refractivity contribution in [3.63, 3.8) is 0 Å². The van der Waals surface area contributed by atoms with Crippen LogP contribution in [0.5, 0.6) is 0 Å². The van der Waals surface area contributed by atoms with Crippen LogP contribution in [0.25, 0.3) is 27.7 Å². The Kier molecular flexibility index (Phi) is 4.96. The highest BCUT2D eigenvalue weighted by Gasteiger charge is 2.18. The fourth-order valence-electron chi connectivity index (χ4n) is 3.62. The van der Waals surface area contributed by atoms with Gasteiger partial charge in [0.15, 0.2) is 11.5 Å². The lowest BCUT2D eigenvalue weighted by atomic mass is 10.0. The second kappa shape index (κ2) is 7.81. The lowest BCUT2D eigenvalue weighted by Gasteiger charge is -2.10. The molecule has 0 fully saturated rings. The molecular formula is C24H21N5O2S. The molecule has 2 heterocycles. The minimum absolute atomic E-state index is 0.0317. The van der Waals surface area contributed by atoms with Crippen LogP contribution in [0.4, 0.5) is 0 Å². The first-order valence-electron chi connectivity index (χ1n) is 10.2. The number of fused-ring (bicyclic) bond motifs is 3. The summed E-state index contributed by atoms with van der Waals surface area (Å²) in [6.07, 6.45) is 0. The standard InChI is InChI=1S/C24H21N5O2S/c1-16-7-11-18(12-8-16)23-20-5-3-4-6-21(20)24-27-26-22(29(24)28-23)15-25-32(30,31)19-13-9-17(2)10-14-19/h3-14,25H,15H2,1-2H3. The molecule has 8 heteroatoms. The second-order valence-corrected chi connectivity index (χ2v) is 9.52. The Hall–Kier alpha value is -3.62.